The molecule has 0 saturated carbocycles. The van der Waals surface area contributed by atoms with E-state index in [1.165, 1.54) is 6.26 Å². The van der Waals surface area contributed by atoms with Crippen molar-refractivity contribution in [2.75, 3.05) is 53.0 Å². The predicted molar refractivity (Wildman–Crippen MR) is 113 cm³/mol. The van der Waals surface area contributed by atoms with Gasteiger partial charge in [0.15, 0.2) is 11.7 Å². The first-order valence-corrected chi connectivity index (χ1v) is 8.98. The molecule has 0 unspecified atom stereocenters. The van der Waals surface area contributed by atoms with Gasteiger partial charge in [0.05, 0.1) is 12.9 Å². The molecule has 148 valence electrons. The summed E-state index contributed by atoms with van der Waals surface area (Å²) in [5, 5.41) is 3.33. The van der Waals surface area contributed by atoms with Crippen molar-refractivity contribution in [1.29, 1.82) is 0 Å². The highest BCUT2D eigenvalue weighted by Crippen LogP contribution is 2.09. The molecule has 0 aromatic carbocycles. The van der Waals surface area contributed by atoms with Gasteiger partial charge in [-0.05, 0) is 24.5 Å². The second-order valence-electron chi connectivity index (χ2n) is 6.53. The molecule has 1 aliphatic heterocycles. The molecule has 1 aliphatic rings. The summed E-state index contributed by atoms with van der Waals surface area (Å²) in [6.45, 7) is 9.40. The van der Waals surface area contributed by atoms with Gasteiger partial charge in [-0.15, -0.1) is 24.0 Å². The van der Waals surface area contributed by atoms with Crippen LogP contribution in [0.15, 0.2) is 27.8 Å². The number of hydrogen-bond donors (Lipinski definition) is 1. The Morgan fingerprint density at radius 1 is 1.27 bits per heavy atom. The van der Waals surface area contributed by atoms with Crippen LogP contribution in [0, 0.1) is 5.92 Å². The monoisotopic (exact) mass is 478 g/mol. The van der Waals surface area contributed by atoms with Crippen molar-refractivity contribution in [2.24, 2.45) is 10.9 Å². The van der Waals surface area contributed by atoms with Gasteiger partial charge in [-0.3, -0.25) is 9.79 Å². The Balaban J connectivity index is 0.00000338. The van der Waals surface area contributed by atoms with Crippen molar-refractivity contribution < 1.29 is 13.9 Å². The van der Waals surface area contributed by atoms with Gasteiger partial charge in [-0.1, -0.05) is 13.8 Å². The SMILES string of the molecule is CN=C(NCCOCCC(C)C)N1CCN(C(=O)c2ccco2)CC1.I. The number of hydrogen-bond acceptors (Lipinski definition) is 4. The number of carbonyl (C=O) groups is 1. The minimum Gasteiger partial charge on any atom is -0.459 e. The van der Waals surface area contributed by atoms with Crippen LogP contribution >= 0.6 is 24.0 Å². The smallest absolute Gasteiger partial charge is 0.289 e. The second kappa shape index (κ2) is 12.2. The lowest BCUT2D eigenvalue weighted by Crippen LogP contribution is -2.54. The van der Waals surface area contributed by atoms with Crippen LogP contribution in [-0.4, -0.2) is 74.7 Å². The first-order valence-electron chi connectivity index (χ1n) is 8.98. The molecule has 1 amide bonds. The van der Waals surface area contributed by atoms with Gasteiger partial charge >= 0.3 is 0 Å². The first-order chi connectivity index (χ1) is 12.1. The van der Waals surface area contributed by atoms with E-state index in [0.717, 1.165) is 38.6 Å². The lowest BCUT2D eigenvalue weighted by Gasteiger charge is -2.36. The number of carbonyl (C=O) groups excluding carboxylic acids is 1. The number of aliphatic imine (C=N–C) groups is 1. The maximum Gasteiger partial charge on any atom is 0.289 e. The molecule has 1 aromatic heterocycles. The Morgan fingerprint density at radius 3 is 2.54 bits per heavy atom. The third-order valence-corrected chi connectivity index (χ3v) is 4.18. The largest absolute Gasteiger partial charge is 0.459 e. The second-order valence-corrected chi connectivity index (χ2v) is 6.53. The minimum atomic E-state index is -0.0499. The van der Waals surface area contributed by atoms with Crippen molar-refractivity contribution >= 4 is 35.8 Å². The number of furan rings is 1. The van der Waals surface area contributed by atoms with Gasteiger partial charge in [0.25, 0.3) is 5.91 Å². The molecule has 7 nitrogen and oxygen atoms in total. The molecule has 0 atom stereocenters. The summed E-state index contributed by atoms with van der Waals surface area (Å²) in [6.07, 6.45) is 2.61. The molecule has 2 rings (SSSR count). The summed E-state index contributed by atoms with van der Waals surface area (Å²) in [4.78, 5) is 20.6. The van der Waals surface area contributed by atoms with E-state index >= 15 is 0 Å². The Kier molecular flexibility index (Phi) is 10.6. The van der Waals surface area contributed by atoms with Crippen molar-refractivity contribution in [3.63, 3.8) is 0 Å². The topological polar surface area (TPSA) is 70.3 Å². The third-order valence-electron chi connectivity index (χ3n) is 4.18. The zero-order valence-electron chi connectivity index (χ0n) is 15.9. The van der Waals surface area contributed by atoms with E-state index in [2.05, 4.69) is 29.1 Å². The number of guanidine groups is 1. The molecule has 1 N–H and O–H groups in total. The van der Waals surface area contributed by atoms with Crippen LogP contribution in [0.2, 0.25) is 0 Å². The van der Waals surface area contributed by atoms with Gasteiger partial charge in [0, 0.05) is 46.4 Å². The molecule has 26 heavy (non-hydrogen) atoms. The van der Waals surface area contributed by atoms with Crippen LogP contribution in [0.25, 0.3) is 0 Å². The van der Waals surface area contributed by atoms with Crippen molar-refractivity contribution in [3.05, 3.63) is 24.2 Å². The molecule has 0 radical (unpaired) electrons. The highest BCUT2D eigenvalue weighted by atomic mass is 127. The molecule has 8 heteroatoms. The fourth-order valence-electron chi connectivity index (χ4n) is 2.67. The minimum absolute atomic E-state index is 0. The summed E-state index contributed by atoms with van der Waals surface area (Å²) < 4.78 is 10.8. The van der Waals surface area contributed by atoms with Crippen LogP contribution < -0.4 is 5.32 Å². The molecule has 1 fully saturated rings. The van der Waals surface area contributed by atoms with Crippen LogP contribution in [0.1, 0.15) is 30.8 Å². The Labute approximate surface area is 173 Å². The molecular weight excluding hydrogens is 447 g/mol. The third kappa shape index (κ3) is 7.14. The van der Waals surface area contributed by atoms with E-state index in [0.29, 0.717) is 31.4 Å². The van der Waals surface area contributed by atoms with Gasteiger partial charge in [-0.2, -0.15) is 0 Å². The standard InChI is InChI=1S/C18H30N4O3.HI/c1-15(2)6-13-24-14-7-20-18(19-3)22-10-8-21(9-11-22)17(23)16-5-4-12-25-16;/h4-5,12,15H,6-11,13-14H2,1-3H3,(H,19,20);1H. The van der Waals surface area contributed by atoms with E-state index in [1.807, 2.05) is 4.90 Å². The highest BCUT2D eigenvalue weighted by molar-refractivity contribution is 14.0. The fraction of sp³-hybridized carbons (Fsp3) is 0.667. The maximum absolute atomic E-state index is 12.3. The maximum atomic E-state index is 12.3. The predicted octanol–water partition coefficient (Wildman–Crippen LogP) is 2.29. The summed E-state index contributed by atoms with van der Waals surface area (Å²) in [6, 6.07) is 3.44. The van der Waals surface area contributed by atoms with Crippen LogP contribution in [0.5, 0.6) is 0 Å². The van der Waals surface area contributed by atoms with Crippen molar-refractivity contribution in [2.45, 2.75) is 20.3 Å². The number of nitrogens with one attached hydrogen (secondary N) is 1. The zero-order valence-corrected chi connectivity index (χ0v) is 18.3. The lowest BCUT2D eigenvalue weighted by molar-refractivity contribution is 0.0657. The molecular formula is C18H31IN4O3. The number of halogens is 1. The summed E-state index contributed by atoms with van der Waals surface area (Å²) in [5.74, 6) is 1.87. The van der Waals surface area contributed by atoms with Crippen LogP contribution in [0.4, 0.5) is 0 Å². The number of piperazine rings is 1. The van der Waals surface area contributed by atoms with Crippen molar-refractivity contribution in [3.8, 4) is 0 Å². The van der Waals surface area contributed by atoms with E-state index in [9.17, 15) is 4.79 Å². The molecule has 0 spiro atoms. The van der Waals surface area contributed by atoms with E-state index in [1.54, 1.807) is 19.2 Å². The quantitative estimate of drug-likeness (QED) is 0.282. The first kappa shape index (κ1) is 22.8. The van der Waals surface area contributed by atoms with E-state index < -0.39 is 0 Å². The Morgan fingerprint density at radius 2 is 1.96 bits per heavy atom. The molecule has 0 aliphatic carbocycles. The molecule has 0 bridgehead atoms. The van der Waals surface area contributed by atoms with Crippen LogP contribution in [0.3, 0.4) is 0 Å². The van der Waals surface area contributed by atoms with Crippen molar-refractivity contribution in [1.82, 2.24) is 15.1 Å². The summed E-state index contributed by atoms with van der Waals surface area (Å²) >= 11 is 0. The molecule has 1 aromatic rings. The number of amides is 1. The molecule has 1 saturated heterocycles. The summed E-state index contributed by atoms with van der Waals surface area (Å²) in [7, 11) is 1.78. The molecule has 2 heterocycles. The fourth-order valence-corrected chi connectivity index (χ4v) is 2.67. The average molecular weight is 478 g/mol. The number of ether oxygens (including phenoxy) is 1. The number of nitrogens with zero attached hydrogens (tertiary/aromatic N) is 3. The van der Waals surface area contributed by atoms with Gasteiger partial charge in [0.2, 0.25) is 0 Å². The lowest BCUT2D eigenvalue weighted by atomic mass is 10.1. The average Bonchev–Trinajstić information content (AvgIpc) is 3.15. The summed E-state index contributed by atoms with van der Waals surface area (Å²) in [5.41, 5.74) is 0. The zero-order chi connectivity index (χ0) is 18.1. The van der Waals surface area contributed by atoms with Gasteiger partial charge < -0.3 is 24.3 Å². The Bertz CT molecular complexity index is 541. The van der Waals surface area contributed by atoms with E-state index in [-0.39, 0.29) is 29.9 Å². The van der Waals surface area contributed by atoms with E-state index in [4.69, 9.17) is 9.15 Å². The highest BCUT2D eigenvalue weighted by Gasteiger charge is 2.24. The van der Waals surface area contributed by atoms with Gasteiger partial charge in [0.1, 0.15) is 0 Å². The van der Waals surface area contributed by atoms with Gasteiger partial charge in [-0.25, -0.2) is 0 Å². The number of rotatable bonds is 7. The normalized spacial score (nSPS) is 15.2. The van der Waals surface area contributed by atoms with Crippen LogP contribution in [-0.2, 0) is 4.74 Å². The Hall–Kier alpha value is -1.29.